The molecule has 0 unspecified atom stereocenters. The number of aromatic nitrogens is 2. The molecule has 2 amide bonds. The predicted molar refractivity (Wildman–Crippen MR) is 181 cm³/mol. The highest BCUT2D eigenvalue weighted by Gasteiger charge is 2.33. The summed E-state index contributed by atoms with van der Waals surface area (Å²) in [6.07, 6.45) is 4.13. The first-order valence-corrected chi connectivity index (χ1v) is 17.0. The van der Waals surface area contributed by atoms with E-state index < -0.39 is 11.7 Å². The molecule has 0 radical (unpaired) electrons. The van der Waals surface area contributed by atoms with Gasteiger partial charge >= 0.3 is 6.18 Å². The third-order valence-electron chi connectivity index (χ3n) is 9.73. The first-order chi connectivity index (χ1) is 23.7. The van der Waals surface area contributed by atoms with E-state index in [1.165, 1.54) is 12.1 Å². The maximum Gasteiger partial charge on any atom is 0.416 e. The van der Waals surface area contributed by atoms with Gasteiger partial charge in [-0.25, -0.2) is 4.98 Å². The van der Waals surface area contributed by atoms with Gasteiger partial charge in [-0.3, -0.25) is 23.9 Å². The zero-order chi connectivity index (χ0) is 34.1. The highest BCUT2D eigenvalue weighted by atomic mass is 19.4. The molecule has 9 nitrogen and oxygen atoms in total. The zero-order valence-corrected chi connectivity index (χ0v) is 27.5. The number of benzene rings is 2. The lowest BCUT2D eigenvalue weighted by Crippen LogP contribution is -2.49. The molecule has 0 saturated carbocycles. The normalized spacial score (nSPS) is 18.1. The Labute approximate surface area is 283 Å². The van der Waals surface area contributed by atoms with Crippen LogP contribution in [0.2, 0.25) is 0 Å². The molecule has 0 N–H and O–H groups in total. The fourth-order valence-corrected chi connectivity index (χ4v) is 6.96. The molecule has 2 fully saturated rings. The van der Waals surface area contributed by atoms with Gasteiger partial charge in [0, 0.05) is 56.8 Å². The molecule has 49 heavy (non-hydrogen) atoms. The third kappa shape index (κ3) is 6.79. The molecule has 2 aromatic carbocycles. The lowest BCUT2D eigenvalue weighted by molar-refractivity contribution is -0.137. The second kappa shape index (κ2) is 13.7. The number of rotatable bonds is 9. The summed E-state index contributed by atoms with van der Waals surface area (Å²) >= 11 is 0. The lowest BCUT2D eigenvalue weighted by atomic mass is 10.1. The Balaban J connectivity index is 0.882. The molecule has 12 heteroatoms. The minimum absolute atomic E-state index is 0.0517. The van der Waals surface area contributed by atoms with Gasteiger partial charge in [0.25, 0.3) is 11.8 Å². The molecule has 3 aliphatic rings. The van der Waals surface area contributed by atoms with Crippen LogP contribution in [-0.2, 0) is 6.18 Å². The van der Waals surface area contributed by atoms with Gasteiger partial charge in [-0.2, -0.15) is 13.2 Å². The van der Waals surface area contributed by atoms with Crippen molar-refractivity contribution in [3.05, 3.63) is 83.2 Å². The number of alkyl halides is 3. The minimum Gasteiger partial charge on any atom is -0.493 e. The summed E-state index contributed by atoms with van der Waals surface area (Å²) in [4.78, 5) is 42.0. The number of ether oxygens (including phenoxy) is 1. The Morgan fingerprint density at radius 1 is 0.980 bits per heavy atom. The van der Waals surface area contributed by atoms with Gasteiger partial charge in [0.05, 0.1) is 35.0 Å². The topological polar surface area (TPSA) is 82.8 Å². The number of hydrogen-bond donors (Lipinski definition) is 0. The maximum atomic E-state index is 13.6. The number of fused-ring (bicyclic) bond motifs is 3. The smallest absolute Gasteiger partial charge is 0.416 e. The minimum atomic E-state index is -4.43. The van der Waals surface area contributed by atoms with Crippen molar-refractivity contribution in [3.63, 3.8) is 0 Å². The monoisotopic (exact) mass is 672 g/mol. The van der Waals surface area contributed by atoms with Crippen molar-refractivity contribution in [1.29, 1.82) is 0 Å². The highest BCUT2D eigenvalue weighted by Crippen LogP contribution is 2.34. The van der Waals surface area contributed by atoms with Crippen molar-refractivity contribution >= 4 is 29.2 Å². The average Bonchev–Trinajstić information content (AvgIpc) is 3.71. The summed E-state index contributed by atoms with van der Waals surface area (Å²) in [5, 5.41) is 0. The van der Waals surface area contributed by atoms with E-state index in [0.29, 0.717) is 53.5 Å². The van der Waals surface area contributed by atoms with Gasteiger partial charge in [0.2, 0.25) is 0 Å². The number of pyridine rings is 1. The number of aliphatic imine (C=N–C) groups is 1. The highest BCUT2D eigenvalue weighted by molar-refractivity contribution is 6.03. The second-order valence-electron chi connectivity index (χ2n) is 13.0. The Morgan fingerprint density at radius 2 is 1.78 bits per heavy atom. The molecule has 2 aromatic heterocycles. The van der Waals surface area contributed by atoms with Crippen molar-refractivity contribution in [2.24, 2.45) is 4.99 Å². The summed E-state index contributed by atoms with van der Waals surface area (Å²) in [6.45, 7) is 6.92. The number of unbranched alkanes of at least 4 members (excludes halogenated alkanes) is 2. The molecule has 256 valence electrons. The summed E-state index contributed by atoms with van der Waals surface area (Å²) < 4.78 is 47.2. The number of aryl methyl sites for hydroxylation is 1. The molecule has 7 rings (SSSR count). The number of nitrogens with zero attached hydrogens (tertiary/aromatic N) is 6. The number of carbonyl (C=O) groups excluding carboxylic acids is 2. The van der Waals surface area contributed by atoms with Gasteiger partial charge in [0.15, 0.2) is 5.69 Å². The Morgan fingerprint density at radius 3 is 2.55 bits per heavy atom. The number of amides is 2. The van der Waals surface area contributed by atoms with E-state index >= 15 is 0 Å². The van der Waals surface area contributed by atoms with Gasteiger partial charge < -0.3 is 14.5 Å². The average molecular weight is 673 g/mol. The molecular formula is C37H39F3N6O3. The number of hydrogen-bond acceptors (Lipinski definition) is 6. The van der Waals surface area contributed by atoms with Crippen LogP contribution in [-0.4, -0.2) is 94.0 Å². The number of imidazole rings is 1. The Kier molecular flexibility index (Phi) is 9.15. The van der Waals surface area contributed by atoms with Crippen LogP contribution in [0.25, 0.3) is 16.9 Å². The van der Waals surface area contributed by atoms with Crippen LogP contribution >= 0.6 is 0 Å². The van der Waals surface area contributed by atoms with E-state index in [0.717, 1.165) is 81.7 Å². The van der Waals surface area contributed by atoms with E-state index in [2.05, 4.69) is 14.9 Å². The molecular weight excluding hydrogens is 633 g/mol. The van der Waals surface area contributed by atoms with Crippen molar-refractivity contribution in [2.75, 3.05) is 45.9 Å². The van der Waals surface area contributed by atoms with Crippen LogP contribution in [0.15, 0.2) is 65.8 Å². The summed E-state index contributed by atoms with van der Waals surface area (Å²) in [5.74, 6) is 1.07. The molecule has 0 spiro atoms. The first kappa shape index (κ1) is 32.8. The van der Waals surface area contributed by atoms with Gasteiger partial charge in [-0.05, 0) is 81.5 Å². The first-order valence-electron chi connectivity index (χ1n) is 17.0. The number of carbonyl (C=O) groups is 2. The summed E-state index contributed by atoms with van der Waals surface area (Å²) in [7, 11) is 0. The molecule has 5 heterocycles. The quantitative estimate of drug-likeness (QED) is 0.186. The fraction of sp³-hybridized carbons (Fsp3) is 0.405. The standard InChI is InChI=1S/C37H39F3N6O3/c1-25-22-29-30(41-24-28-8-7-16-45(28)35(29)47)23-32(25)49-21-6-2-4-14-43-17-19-44(20-18-43)36(48)33-31-9-3-5-15-46(31)34(42-33)26-10-12-27(13-11-26)37(38,39)40/h3,5,9-13,15,22-24,28H,2,4,6-8,14,16-21H2,1H3/t28-/m0/s1. The summed E-state index contributed by atoms with van der Waals surface area (Å²) in [5.41, 5.74) is 2.95. The summed E-state index contributed by atoms with van der Waals surface area (Å²) in [6, 6.07) is 14.2. The van der Waals surface area contributed by atoms with Gasteiger partial charge in [-0.1, -0.05) is 18.2 Å². The second-order valence-corrected chi connectivity index (χ2v) is 13.0. The van der Waals surface area contributed by atoms with E-state index in [-0.39, 0.29) is 17.9 Å². The van der Waals surface area contributed by atoms with Crippen LogP contribution in [0, 0.1) is 6.92 Å². The molecule has 0 aliphatic carbocycles. The van der Waals surface area contributed by atoms with Crippen molar-refractivity contribution in [1.82, 2.24) is 24.1 Å². The molecule has 2 saturated heterocycles. The van der Waals surface area contributed by atoms with Crippen LogP contribution in [0.3, 0.4) is 0 Å². The fourth-order valence-electron chi connectivity index (χ4n) is 6.96. The van der Waals surface area contributed by atoms with Crippen LogP contribution < -0.4 is 4.74 Å². The van der Waals surface area contributed by atoms with Crippen LogP contribution in [0.4, 0.5) is 18.9 Å². The van der Waals surface area contributed by atoms with Gasteiger partial charge in [0.1, 0.15) is 11.6 Å². The zero-order valence-electron chi connectivity index (χ0n) is 27.5. The van der Waals surface area contributed by atoms with Gasteiger partial charge in [-0.15, -0.1) is 0 Å². The predicted octanol–water partition coefficient (Wildman–Crippen LogP) is 6.66. The maximum absolute atomic E-state index is 13.6. The molecule has 3 aliphatic heterocycles. The van der Waals surface area contributed by atoms with Crippen molar-refractivity contribution in [3.8, 4) is 17.1 Å². The Bertz CT molecular complexity index is 1880. The molecule has 4 aromatic rings. The Hall–Kier alpha value is -4.71. The van der Waals surface area contributed by atoms with Crippen molar-refractivity contribution < 1.29 is 27.5 Å². The van der Waals surface area contributed by atoms with E-state index in [9.17, 15) is 22.8 Å². The molecule has 0 bridgehead atoms. The molecule has 1 atom stereocenters. The van der Waals surface area contributed by atoms with E-state index in [4.69, 9.17) is 4.74 Å². The largest absolute Gasteiger partial charge is 0.493 e. The third-order valence-corrected chi connectivity index (χ3v) is 9.73. The lowest BCUT2D eigenvalue weighted by Gasteiger charge is -2.34. The van der Waals surface area contributed by atoms with E-state index in [1.54, 1.807) is 27.6 Å². The van der Waals surface area contributed by atoms with Crippen LogP contribution in [0.5, 0.6) is 5.75 Å². The SMILES string of the molecule is Cc1cc2c(cc1OCCCCCN1CCN(C(=O)c3nc(-c4ccc(C(F)(F)F)cc4)n4ccccc34)CC1)N=C[C@@H]1CCCN1C2=O. The number of piperazine rings is 1. The number of halogens is 3. The van der Waals surface area contributed by atoms with Crippen LogP contribution in [0.1, 0.15) is 64.1 Å². The van der Waals surface area contributed by atoms with Crippen molar-refractivity contribution in [2.45, 2.75) is 51.2 Å². The van der Waals surface area contributed by atoms with E-state index in [1.807, 2.05) is 36.2 Å².